The van der Waals surface area contributed by atoms with Gasteiger partial charge in [-0.1, -0.05) is 0 Å². The Hall–Kier alpha value is -2.25. The van der Waals surface area contributed by atoms with Gasteiger partial charge in [-0.05, 0) is 56.4 Å². The number of carboxylic acids is 1. The molecule has 1 aromatic rings. The van der Waals surface area contributed by atoms with Gasteiger partial charge in [0.2, 0.25) is 6.41 Å². The Morgan fingerprint density at radius 2 is 1.96 bits per heavy atom. The number of carboxylic acid groups (broad SMARTS) is 1. The number of aliphatic hydroxyl groups is 2. The number of hydrogen-bond donors (Lipinski definition) is 4. The van der Waals surface area contributed by atoms with Crippen LogP contribution in [0.2, 0.25) is 0 Å². The highest BCUT2D eigenvalue weighted by molar-refractivity contribution is 6.36. The third-order valence-corrected chi connectivity index (χ3v) is 3.51. The van der Waals surface area contributed by atoms with E-state index >= 15 is 0 Å². The van der Waals surface area contributed by atoms with Gasteiger partial charge in [0.15, 0.2) is 0 Å². The molecule has 0 spiro atoms. The van der Waals surface area contributed by atoms with Crippen LogP contribution in [-0.4, -0.2) is 46.1 Å². The zero-order valence-corrected chi connectivity index (χ0v) is 13.2. The van der Waals surface area contributed by atoms with Crippen LogP contribution in [0.15, 0.2) is 17.1 Å². The second-order valence-electron chi connectivity index (χ2n) is 5.28. The molecule has 0 heterocycles. The van der Waals surface area contributed by atoms with Crippen LogP contribution >= 0.6 is 0 Å². The molecule has 7 nitrogen and oxygen atoms in total. The second-order valence-corrected chi connectivity index (χ2v) is 5.28. The van der Waals surface area contributed by atoms with Crippen molar-refractivity contribution in [1.29, 1.82) is 0 Å². The number of benzene rings is 1. The predicted molar refractivity (Wildman–Crippen MR) is 87.3 cm³/mol. The molecule has 23 heavy (non-hydrogen) atoms. The minimum atomic E-state index is -1.18. The van der Waals surface area contributed by atoms with Crippen molar-refractivity contribution >= 4 is 29.5 Å². The summed E-state index contributed by atoms with van der Waals surface area (Å²) < 4.78 is 0. The van der Waals surface area contributed by atoms with E-state index in [2.05, 4.69) is 10.3 Å². The van der Waals surface area contributed by atoms with Gasteiger partial charge in [-0.2, -0.15) is 0 Å². The first-order valence-corrected chi connectivity index (χ1v) is 7.30. The number of aliphatic hydroxyl groups excluding tert-OH is 2. The van der Waals surface area contributed by atoms with Crippen LogP contribution in [0.4, 0.5) is 11.4 Å². The fourth-order valence-electron chi connectivity index (χ4n) is 2.03. The number of hydrogen-bond acceptors (Lipinski definition) is 5. The Bertz CT molecular complexity index is 598. The standard InChI is InChI=1S/C16H22N2O5/c1-10-7-14(17-9-20)15(8-11(10)2)18-13(16(22)23)4-3-12(21)5-6-19/h7-9,12,19,21H,3-6H2,1-2H3,(H,17,20)(H,22,23). The predicted octanol–water partition coefficient (Wildman–Crippen LogP) is 1.55. The molecule has 0 saturated carbocycles. The van der Waals surface area contributed by atoms with E-state index in [1.165, 1.54) is 0 Å². The molecule has 126 valence electrons. The summed E-state index contributed by atoms with van der Waals surface area (Å²) in [6.45, 7) is 3.58. The van der Waals surface area contributed by atoms with Crippen LogP contribution in [0.3, 0.4) is 0 Å². The summed E-state index contributed by atoms with van der Waals surface area (Å²) in [6.07, 6.45) is 0.164. The molecule has 1 unspecified atom stereocenters. The van der Waals surface area contributed by atoms with Crippen molar-refractivity contribution in [3.05, 3.63) is 23.3 Å². The molecule has 0 fully saturated rings. The van der Waals surface area contributed by atoms with Crippen LogP contribution in [0, 0.1) is 13.8 Å². The van der Waals surface area contributed by atoms with Crippen LogP contribution < -0.4 is 5.32 Å². The first-order valence-electron chi connectivity index (χ1n) is 7.30. The second kappa shape index (κ2) is 9.02. The highest BCUT2D eigenvalue weighted by Crippen LogP contribution is 2.29. The van der Waals surface area contributed by atoms with Gasteiger partial charge in [0.1, 0.15) is 5.71 Å². The summed E-state index contributed by atoms with van der Waals surface area (Å²) in [5.41, 5.74) is 2.54. The van der Waals surface area contributed by atoms with Crippen molar-refractivity contribution in [2.75, 3.05) is 11.9 Å². The Kier molecular flexibility index (Phi) is 7.37. The number of amides is 1. The van der Waals surface area contributed by atoms with E-state index in [0.717, 1.165) is 11.1 Å². The summed E-state index contributed by atoms with van der Waals surface area (Å²) in [4.78, 5) is 26.2. The lowest BCUT2D eigenvalue weighted by atomic mass is 10.1. The number of nitrogens with one attached hydrogen (secondary N) is 1. The minimum Gasteiger partial charge on any atom is -0.477 e. The van der Waals surface area contributed by atoms with Crippen molar-refractivity contribution in [1.82, 2.24) is 0 Å². The maximum absolute atomic E-state index is 11.3. The van der Waals surface area contributed by atoms with Crippen LogP contribution in [0.25, 0.3) is 0 Å². The molecule has 1 amide bonds. The lowest BCUT2D eigenvalue weighted by Crippen LogP contribution is -2.17. The number of aliphatic carboxylic acids is 1. The highest BCUT2D eigenvalue weighted by Gasteiger charge is 2.14. The molecule has 0 aliphatic carbocycles. The van der Waals surface area contributed by atoms with Crippen molar-refractivity contribution in [3.63, 3.8) is 0 Å². The largest absolute Gasteiger partial charge is 0.477 e. The maximum Gasteiger partial charge on any atom is 0.350 e. The van der Waals surface area contributed by atoms with Gasteiger partial charge in [0.05, 0.1) is 17.5 Å². The number of aliphatic imine (C=N–C) groups is 1. The lowest BCUT2D eigenvalue weighted by molar-refractivity contribution is -0.129. The van der Waals surface area contributed by atoms with E-state index < -0.39 is 12.1 Å². The van der Waals surface area contributed by atoms with Gasteiger partial charge in [-0.15, -0.1) is 0 Å². The number of carbonyl (C=O) groups is 2. The lowest BCUT2D eigenvalue weighted by Gasteiger charge is -2.11. The summed E-state index contributed by atoms with van der Waals surface area (Å²) >= 11 is 0. The number of anilines is 1. The molecular formula is C16H22N2O5. The maximum atomic E-state index is 11.3. The fourth-order valence-corrected chi connectivity index (χ4v) is 2.03. The Labute approximate surface area is 134 Å². The molecule has 0 bridgehead atoms. The highest BCUT2D eigenvalue weighted by atomic mass is 16.4. The zero-order chi connectivity index (χ0) is 17.4. The average Bonchev–Trinajstić information content (AvgIpc) is 2.48. The fraction of sp³-hybridized carbons (Fsp3) is 0.438. The van der Waals surface area contributed by atoms with Crippen molar-refractivity contribution in [2.24, 2.45) is 4.99 Å². The molecule has 0 radical (unpaired) electrons. The van der Waals surface area contributed by atoms with Gasteiger partial charge < -0.3 is 20.6 Å². The molecule has 0 aromatic heterocycles. The average molecular weight is 322 g/mol. The van der Waals surface area contributed by atoms with Crippen LogP contribution in [-0.2, 0) is 9.59 Å². The van der Waals surface area contributed by atoms with E-state index in [1.54, 1.807) is 12.1 Å². The number of aryl methyl sites for hydroxylation is 2. The van der Waals surface area contributed by atoms with Crippen LogP contribution in [0.5, 0.6) is 0 Å². The SMILES string of the molecule is Cc1cc(N=C(CCC(O)CCO)C(=O)O)c(NC=O)cc1C. The Morgan fingerprint density at radius 1 is 1.30 bits per heavy atom. The van der Waals surface area contributed by atoms with Crippen LogP contribution in [0.1, 0.15) is 30.4 Å². The van der Waals surface area contributed by atoms with Gasteiger partial charge in [-0.25, -0.2) is 9.79 Å². The van der Waals surface area contributed by atoms with Gasteiger partial charge in [0, 0.05) is 6.61 Å². The molecule has 1 atom stereocenters. The topological polar surface area (TPSA) is 119 Å². The smallest absolute Gasteiger partial charge is 0.350 e. The summed E-state index contributed by atoms with van der Waals surface area (Å²) in [7, 11) is 0. The number of rotatable bonds is 9. The molecule has 4 N–H and O–H groups in total. The summed E-state index contributed by atoms with van der Waals surface area (Å²) in [5.74, 6) is -1.18. The molecule has 0 saturated heterocycles. The van der Waals surface area contributed by atoms with Gasteiger partial charge >= 0.3 is 5.97 Å². The minimum absolute atomic E-state index is 0.0595. The number of nitrogens with zero attached hydrogens (tertiary/aromatic N) is 1. The van der Waals surface area contributed by atoms with Gasteiger partial charge in [-0.3, -0.25) is 4.79 Å². The van der Waals surface area contributed by atoms with Gasteiger partial charge in [0.25, 0.3) is 0 Å². The van der Waals surface area contributed by atoms with Crippen molar-refractivity contribution in [2.45, 2.75) is 39.2 Å². The Balaban J connectivity index is 3.09. The number of carbonyl (C=O) groups excluding carboxylic acids is 1. The molecule has 0 aliphatic heterocycles. The Morgan fingerprint density at radius 3 is 2.52 bits per heavy atom. The van der Waals surface area contributed by atoms with E-state index in [9.17, 15) is 19.8 Å². The van der Waals surface area contributed by atoms with E-state index in [0.29, 0.717) is 17.8 Å². The first-order chi connectivity index (χ1) is 10.9. The molecule has 1 aromatic carbocycles. The molecule has 7 heteroatoms. The normalized spacial score (nSPS) is 12.8. The summed E-state index contributed by atoms with van der Waals surface area (Å²) in [6, 6.07) is 3.43. The van der Waals surface area contributed by atoms with E-state index in [4.69, 9.17) is 5.11 Å². The first kappa shape index (κ1) is 18.8. The third kappa shape index (κ3) is 5.80. The van der Waals surface area contributed by atoms with E-state index in [1.807, 2.05) is 13.8 Å². The third-order valence-electron chi connectivity index (χ3n) is 3.51. The summed E-state index contributed by atoms with van der Waals surface area (Å²) in [5, 5.41) is 30.1. The molecule has 1 rings (SSSR count). The van der Waals surface area contributed by atoms with Crippen molar-refractivity contribution < 1.29 is 24.9 Å². The molecular weight excluding hydrogens is 300 g/mol. The molecule has 0 aliphatic rings. The monoisotopic (exact) mass is 322 g/mol. The van der Waals surface area contributed by atoms with E-state index in [-0.39, 0.29) is 31.6 Å². The quantitative estimate of drug-likeness (QED) is 0.406. The zero-order valence-electron chi connectivity index (χ0n) is 13.2. The van der Waals surface area contributed by atoms with Crippen molar-refractivity contribution in [3.8, 4) is 0 Å².